The van der Waals surface area contributed by atoms with Crippen LogP contribution in [-0.4, -0.2) is 18.6 Å². The summed E-state index contributed by atoms with van der Waals surface area (Å²) in [6, 6.07) is 0.207. The minimum Gasteiger partial charge on any atom is -0.465 e. The first kappa shape index (κ1) is 12.5. The van der Waals surface area contributed by atoms with Gasteiger partial charge in [-0.3, -0.25) is 4.79 Å². The van der Waals surface area contributed by atoms with Crippen molar-refractivity contribution in [2.75, 3.05) is 6.61 Å². The predicted molar refractivity (Wildman–Crippen MR) is 60.3 cm³/mol. The zero-order valence-electron chi connectivity index (χ0n) is 9.87. The second kappa shape index (κ2) is 6.11. The molecule has 1 aliphatic rings. The number of esters is 1. The standard InChI is InChI=1S/C12H23NO2/c1-9(2)4-3-7-15-12(14)10-5-6-11(13)8-10/h9-11H,3-8,13H2,1-2H3. The molecule has 0 aromatic rings. The molecule has 15 heavy (non-hydrogen) atoms. The van der Waals surface area contributed by atoms with Crippen LogP contribution in [0.15, 0.2) is 0 Å². The normalized spacial score (nSPS) is 25.9. The fourth-order valence-corrected chi connectivity index (χ4v) is 2.01. The Morgan fingerprint density at radius 3 is 2.73 bits per heavy atom. The summed E-state index contributed by atoms with van der Waals surface area (Å²) in [5, 5.41) is 0. The maximum Gasteiger partial charge on any atom is 0.308 e. The van der Waals surface area contributed by atoms with Gasteiger partial charge in [0.15, 0.2) is 0 Å². The quantitative estimate of drug-likeness (QED) is 0.562. The van der Waals surface area contributed by atoms with Crippen LogP contribution in [0.5, 0.6) is 0 Å². The van der Waals surface area contributed by atoms with Gasteiger partial charge in [0.05, 0.1) is 12.5 Å². The van der Waals surface area contributed by atoms with E-state index in [4.69, 9.17) is 10.5 Å². The molecule has 2 N–H and O–H groups in total. The molecule has 0 amide bonds. The molecule has 0 saturated heterocycles. The third kappa shape index (κ3) is 4.65. The molecule has 0 aliphatic heterocycles. The van der Waals surface area contributed by atoms with Crippen LogP contribution in [0, 0.1) is 11.8 Å². The number of hydrogen-bond acceptors (Lipinski definition) is 3. The second-order valence-corrected chi connectivity index (χ2v) is 4.97. The molecule has 0 spiro atoms. The highest BCUT2D eigenvalue weighted by atomic mass is 16.5. The van der Waals surface area contributed by atoms with E-state index >= 15 is 0 Å². The number of hydrogen-bond donors (Lipinski definition) is 1. The van der Waals surface area contributed by atoms with E-state index in [-0.39, 0.29) is 17.9 Å². The summed E-state index contributed by atoms with van der Waals surface area (Å²) >= 11 is 0. The van der Waals surface area contributed by atoms with E-state index in [1.54, 1.807) is 0 Å². The lowest BCUT2D eigenvalue weighted by atomic mass is 10.1. The Balaban J connectivity index is 2.08. The van der Waals surface area contributed by atoms with Gasteiger partial charge in [-0.1, -0.05) is 13.8 Å². The van der Waals surface area contributed by atoms with Gasteiger partial charge in [-0.15, -0.1) is 0 Å². The number of nitrogens with two attached hydrogens (primary N) is 1. The number of carbonyl (C=O) groups is 1. The molecule has 0 bridgehead atoms. The first-order chi connectivity index (χ1) is 7.09. The summed E-state index contributed by atoms with van der Waals surface area (Å²) in [4.78, 5) is 11.6. The van der Waals surface area contributed by atoms with Crippen molar-refractivity contribution < 1.29 is 9.53 Å². The summed E-state index contributed by atoms with van der Waals surface area (Å²) in [7, 11) is 0. The minimum absolute atomic E-state index is 0.0355. The molecule has 1 rings (SSSR count). The van der Waals surface area contributed by atoms with Crippen LogP contribution < -0.4 is 5.73 Å². The number of ether oxygens (including phenoxy) is 1. The largest absolute Gasteiger partial charge is 0.465 e. The maximum atomic E-state index is 11.6. The van der Waals surface area contributed by atoms with Gasteiger partial charge in [-0.25, -0.2) is 0 Å². The van der Waals surface area contributed by atoms with Crippen molar-refractivity contribution in [3.8, 4) is 0 Å². The van der Waals surface area contributed by atoms with Crippen molar-refractivity contribution in [3.63, 3.8) is 0 Å². The third-order valence-electron chi connectivity index (χ3n) is 2.98. The highest BCUT2D eigenvalue weighted by Crippen LogP contribution is 2.25. The highest BCUT2D eigenvalue weighted by molar-refractivity contribution is 5.72. The van der Waals surface area contributed by atoms with E-state index in [2.05, 4.69) is 13.8 Å². The monoisotopic (exact) mass is 213 g/mol. The molecule has 0 radical (unpaired) electrons. The third-order valence-corrected chi connectivity index (χ3v) is 2.98. The van der Waals surface area contributed by atoms with Crippen LogP contribution in [0.2, 0.25) is 0 Å². The lowest BCUT2D eigenvalue weighted by molar-refractivity contribution is -0.148. The summed E-state index contributed by atoms with van der Waals surface area (Å²) < 4.78 is 5.23. The molecule has 0 heterocycles. The summed E-state index contributed by atoms with van der Waals surface area (Å²) in [6.07, 6.45) is 4.78. The Labute approximate surface area is 92.4 Å². The van der Waals surface area contributed by atoms with Crippen LogP contribution in [0.4, 0.5) is 0 Å². The van der Waals surface area contributed by atoms with E-state index in [1.807, 2.05) is 0 Å². The zero-order chi connectivity index (χ0) is 11.3. The molecule has 0 aromatic carbocycles. The molecule has 2 unspecified atom stereocenters. The first-order valence-corrected chi connectivity index (χ1v) is 6.01. The van der Waals surface area contributed by atoms with E-state index in [1.165, 1.54) is 0 Å². The Hall–Kier alpha value is -0.570. The molecule has 88 valence electrons. The van der Waals surface area contributed by atoms with E-state index in [0.717, 1.165) is 32.1 Å². The molecule has 0 aromatic heterocycles. The summed E-state index contributed by atoms with van der Waals surface area (Å²) in [5.74, 6) is 0.717. The number of carbonyl (C=O) groups excluding carboxylic acids is 1. The van der Waals surface area contributed by atoms with Gasteiger partial charge in [0.1, 0.15) is 0 Å². The second-order valence-electron chi connectivity index (χ2n) is 4.97. The van der Waals surface area contributed by atoms with Crippen LogP contribution in [0.3, 0.4) is 0 Å². The Kier molecular flexibility index (Phi) is 5.09. The Bertz CT molecular complexity index is 204. The van der Waals surface area contributed by atoms with Crippen molar-refractivity contribution in [2.24, 2.45) is 17.6 Å². The van der Waals surface area contributed by atoms with Gasteiger partial charge >= 0.3 is 5.97 Å². The molecular formula is C12H23NO2. The van der Waals surface area contributed by atoms with E-state index in [9.17, 15) is 4.79 Å². The van der Waals surface area contributed by atoms with Crippen molar-refractivity contribution in [1.29, 1.82) is 0 Å². The number of rotatable bonds is 5. The average Bonchev–Trinajstić information content (AvgIpc) is 2.59. The predicted octanol–water partition coefficient (Wildman–Crippen LogP) is 2.09. The molecule has 3 heteroatoms. The zero-order valence-corrected chi connectivity index (χ0v) is 9.87. The van der Waals surface area contributed by atoms with Gasteiger partial charge in [0.2, 0.25) is 0 Å². The fourth-order valence-electron chi connectivity index (χ4n) is 2.01. The Morgan fingerprint density at radius 1 is 1.47 bits per heavy atom. The van der Waals surface area contributed by atoms with Gasteiger partial charge in [0.25, 0.3) is 0 Å². The van der Waals surface area contributed by atoms with E-state index < -0.39 is 0 Å². The smallest absolute Gasteiger partial charge is 0.308 e. The van der Waals surface area contributed by atoms with Crippen molar-refractivity contribution >= 4 is 5.97 Å². The fraction of sp³-hybridized carbons (Fsp3) is 0.917. The summed E-state index contributed by atoms with van der Waals surface area (Å²) in [6.45, 7) is 4.93. The summed E-state index contributed by atoms with van der Waals surface area (Å²) in [5.41, 5.74) is 5.75. The SMILES string of the molecule is CC(C)CCCOC(=O)C1CCC(N)C1. The topological polar surface area (TPSA) is 52.3 Å². The van der Waals surface area contributed by atoms with Crippen LogP contribution >= 0.6 is 0 Å². The lowest BCUT2D eigenvalue weighted by Crippen LogP contribution is -2.20. The van der Waals surface area contributed by atoms with Crippen molar-refractivity contribution in [2.45, 2.75) is 52.0 Å². The van der Waals surface area contributed by atoms with E-state index in [0.29, 0.717) is 12.5 Å². The van der Waals surface area contributed by atoms with Crippen molar-refractivity contribution in [1.82, 2.24) is 0 Å². The van der Waals surface area contributed by atoms with Crippen molar-refractivity contribution in [3.05, 3.63) is 0 Å². The first-order valence-electron chi connectivity index (χ1n) is 6.01. The molecule has 1 saturated carbocycles. The van der Waals surface area contributed by atoms with Crippen LogP contribution in [0.25, 0.3) is 0 Å². The minimum atomic E-state index is -0.0355. The lowest BCUT2D eigenvalue weighted by Gasteiger charge is -2.10. The van der Waals surface area contributed by atoms with Crippen LogP contribution in [0.1, 0.15) is 46.0 Å². The molecule has 3 nitrogen and oxygen atoms in total. The highest BCUT2D eigenvalue weighted by Gasteiger charge is 2.28. The van der Waals surface area contributed by atoms with Gasteiger partial charge in [-0.05, 0) is 38.0 Å². The molecule has 1 aliphatic carbocycles. The molecule has 1 fully saturated rings. The van der Waals surface area contributed by atoms with Crippen LogP contribution in [-0.2, 0) is 9.53 Å². The van der Waals surface area contributed by atoms with Gasteiger partial charge in [-0.2, -0.15) is 0 Å². The molecule has 2 atom stereocenters. The van der Waals surface area contributed by atoms with Gasteiger partial charge < -0.3 is 10.5 Å². The van der Waals surface area contributed by atoms with Gasteiger partial charge in [0, 0.05) is 6.04 Å². The average molecular weight is 213 g/mol. The molecular weight excluding hydrogens is 190 g/mol. The Morgan fingerprint density at radius 2 is 2.20 bits per heavy atom. The maximum absolute atomic E-state index is 11.6.